The highest BCUT2D eigenvalue weighted by molar-refractivity contribution is 9.10. The van der Waals surface area contributed by atoms with Crippen LogP contribution >= 0.6 is 15.9 Å². The van der Waals surface area contributed by atoms with Gasteiger partial charge < -0.3 is 19.1 Å². The van der Waals surface area contributed by atoms with Crippen LogP contribution in [0.1, 0.15) is 15.9 Å². The first-order valence-electron chi connectivity index (χ1n) is 7.30. The molecule has 5 nitrogen and oxygen atoms in total. The fourth-order valence-electron chi connectivity index (χ4n) is 2.37. The minimum absolute atomic E-state index is 0.134. The standard InChI is InChI=1S/C18H20BrNO4/c1-20(11-12-7-5-6-8-14(12)22-2)18(21)13-9-15(23-3)17(19)16(10-13)24-4/h5-10H,11H2,1-4H3. The number of carbonyl (C=O) groups excluding carboxylic acids is 1. The van der Waals surface area contributed by atoms with E-state index in [9.17, 15) is 4.79 Å². The molecule has 2 aromatic rings. The molecule has 0 aliphatic heterocycles. The van der Waals surface area contributed by atoms with E-state index < -0.39 is 0 Å². The van der Waals surface area contributed by atoms with Crippen LogP contribution in [0.4, 0.5) is 0 Å². The lowest BCUT2D eigenvalue weighted by Crippen LogP contribution is -2.26. The quantitative estimate of drug-likeness (QED) is 0.749. The molecule has 0 N–H and O–H groups in total. The molecule has 0 saturated carbocycles. The van der Waals surface area contributed by atoms with Crippen LogP contribution < -0.4 is 14.2 Å². The summed E-state index contributed by atoms with van der Waals surface area (Å²) in [4.78, 5) is 14.4. The number of hydrogen-bond donors (Lipinski definition) is 0. The molecule has 0 saturated heterocycles. The van der Waals surface area contributed by atoms with E-state index in [4.69, 9.17) is 14.2 Å². The highest BCUT2D eigenvalue weighted by Crippen LogP contribution is 2.36. The third kappa shape index (κ3) is 3.82. The predicted octanol–water partition coefficient (Wildman–Crippen LogP) is 3.75. The van der Waals surface area contributed by atoms with Gasteiger partial charge in [0.15, 0.2) is 0 Å². The van der Waals surface area contributed by atoms with E-state index in [0.29, 0.717) is 28.1 Å². The molecule has 24 heavy (non-hydrogen) atoms. The summed E-state index contributed by atoms with van der Waals surface area (Å²) in [6.45, 7) is 0.434. The summed E-state index contributed by atoms with van der Waals surface area (Å²) in [5, 5.41) is 0. The Hall–Kier alpha value is -2.21. The van der Waals surface area contributed by atoms with Crippen molar-refractivity contribution in [1.29, 1.82) is 0 Å². The molecule has 0 bridgehead atoms. The first kappa shape index (κ1) is 18.1. The predicted molar refractivity (Wildman–Crippen MR) is 96.0 cm³/mol. The number of amides is 1. The zero-order chi connectivity index (χ0) is 17.7. The summed E-state index contributed by atoms with van der Waals surface area (Å²) in [6.07, 6.45) is 0. The highest BCUT2D eigenvalue weighted by atomic mass is 79.9. The van der Waals surface area contributed by atoms with E-state index in [1.165, 1.54) is 0 Å². The Balaban J connectivity index is 2.28. The van der Waals surface area contributed by atoms with Crippen LogP contribution in [0.25, 0.3) is 0 Å². The van der Waals surface area contributed by atoms with Gasteiger partial charge in [0.05, 0.1) is 21.3 Å². The van der Waals surface area contributed by atoms with Gasteiger partial charge >= 0.3 is 0 Å². The maximum absolute atomic E-state index is 12.8. The SMILES string of the molecule is COc1ccccc1CN(C)C(=O)c1cc(OC)c(Br)c(OC)c1. The van der Waals surface area contributed by atoms with E-state index >= 15 is 0 Å². The van der Waals surface area contributed by atoms with Crippen molar-refractivity contribution in [2.75, 3.05) is 28.4 Å². The van der Waals surface area contributed by atoms with Crippen molar-refractivity contribution < 1.29 is 19.0 Å². The molecule has 2 aromatic carbocycles. The summed E-state index contributed by atoms with van der Waals surface area (Å²) in [6, 6.07) is 11.0. The lowest BCUT2D eigenvalue weighted by atomic mass is 10.1. The van der Waals surface area contributed by atoms with Crippen molar-refractivity contribution in [3.05, 3.63) is 52.0 Å². The molecular weight excluding hydrogens is 374 g/mol. The van der Waals surface area contributed by atoms with Crippen LogP contribution in [0, 0.1) is 0 Å². The van der Waals surface area contributed by atoms with E-state index in [0.717, 1.165) is 11.3 Å². The van der Waals surface area contributed by atoms with Crippen molar-refractivity contribution in [3.63, 3.8) is 0 Å². The van der Waals surface area contributed by atoms with Crippen molar-refractivity contribution in [1.82, 2.24) is 4.90 Å². The number of rotatable bonds is 6. The zero-order valence-corrected chi connectivity index (χ0v) is 15.7. The Labute approximate surface area is 150 Å². The smallest absolute Gasteiger partial charge is 0.254 e. The number of nitrogens with zero attached hydrogens (tertiary/aromatic N) is 1. The number of hydrogen-bond acceptors (Lipinski definition) is 4. The van der Waals surface area contributed by atoms with Crippen LogP contribution in [0.2, 0.25) is 0 Å². The molecule has 0 unspecified atom stereocenters. The van der Waals surface area contributed by atoms with Crippen LogP contribution in [0.3, 0.4) is 0 Å². The van der Waals surface area contributed by atoms with Gasteiger partial charge in [0.1, 0.15) is 21.7 Å². The Bertz CT molecular complexity index is 708. The van der Waals surface area contributed by atoms with E-state index in [2.05, 4.69) is 15.9 Å². The van der Waals surface area contributed by atoms with Gasteiger partial charge in [0.25, 0.3) is 5.91 Å². The number of benzene rings is 2. The van der Waals surface area contributed by atoms with Crippen LogP contribution in [-0.2, 0) is 6.54 Å². The average molecular weight is 394 g/mol. The second kappa shape index (κ2) is 8.06. The molecule has 0 heterocycles. The summed E-state index contributed by atoms with van der Waals surface area (Å²) >= 11 is 3.40. The fourth-order valence-corrected chi connectivity index (χ4v) is 2.93. The van der Waals surface area contributed by atoms with Crippen molar-refractivity contribution >= 4 is 21.8 Å². The van der Waals surface area contributed by atoms with E-state index in [1.54, 1.807) is 45.4 Å². The number of ether oxygens (including phenoxy) is 3. The molecular formula is C18H20BrNO4. The third-order valence-corrected chi connectivity index (χ3v) is 4.42. The highest BCUT2D eigenvalue weighted by Gasteiger charge is 2.18. The van der Waals surface area contributed by atoms with Gasteiger partial charge in [-0.25, -0.2) is 0 Å². The van der Waals surface area contributed by atoms with Gasteiger partial charge in [-0.3, -0.25) is 4.79 Å². The minimum Gasteiger partial charge on any atom is -0.496 e. The summed E-state index contributed by atoms with van der Waals surface area (Å²) < 4.78 is 16.6. The summed E-state index contributed by atoms with van der Waals surface area (Å²) in [7, 11) is 6.46. The van der Waals surface area contributed by atoms with Gasteiger partial charge in [0.2, 0.25) is 0 Å². The largest absolute Gasteiger partial charge is 0.496 e. The van der Waals surface area contributed by atoms with E-state index in [-0.39, 0.29) is 5.91 Å². The lowest BCUT2D eigenvalue weighted by molar-refractivity contribution is 0.0783. The molecule has 2 rings (SSSR count). The lowest BCUT2D eigenvalue weighted by Gasteiger charge is -2.20. The number of carbonyl (C=O) groups is 1. The first-order chi connectivity index (χ1) is 11.5. The van der Waals surface area contributed by atoms with Crippen LogP contribution in [0.15, 0.2) is 40.9 Å². The van der Waals surface area contributed by atoms with Gasteiger partial charge in [-0.15, -0.1) is 0 Å². The molecule has 0 radical (unpaired) electrons. The van der Waals surface area contributed by atoms with Gasteiger partial charge in [-0.05, 0) is 34.1 Å². The second-order valence-corrected chi connectivity index (χ2v) is 5.96. The van der Waals surface area contributed by atoms with Crippen molar-refractivity contribution in [2.45, 2.75) is 6.54 Å². The zero-order valence-electron chi connectivity index (χ0n) is 14.1. The third-order valence-electron chi connectivity index (χ3n) is 3.64. The first-order valence-corrected chi connectivity index (χ1v) is 8.10. The van der Waals surface area contributed by atoms with Crippen molar-refractivity contribution in [3.8, 4) is 17.2 Å². The Morgan fingerprint density at radius 2 is 1.54 bits per heavy atom. The molecule has 1 amide bonds. The fraction of sp³-hybridized carbons (Fsp3) is 0.278. The van der Waals surface area contributed by atoms with Gasteiger partial charge in [0, 0.05) is 24.7 Å². The molecule has 6 heteroatoms. The topological polar surface area (TPSA) is 48.0 Å². The number of methoxy groups -OCH3 is 3. The number of halogens is 1. The molecule has 0 aliphatic carbocycles. The van der Waals surface area contributed by atoms with Crippen LogP contribution in [-0.4, -0.2) is 39.2 Å². The molecule has 0 spiro atoms. The maximum atomic E-state index is 12.8. The van der Waals surface area contributed by atoms with Gasteiger partial charge in [-0.2, -0.15) is 0 Å². The normalized spacial score (nSPS) is 10.2. The molecule has 0 fully saturated rings. The number of para-hydroxylation sites is 1. The summed E-state index contributed by atoms with van der Waals surface area (Å²) in [5.74, 6) is 1.71. The van der Waals surface area contributed by atoms with Gasteiger partial charge in [-0.1, -0.05) is 18.2 Å². The molecule has 0 atom stereocenters. The Morgan fingerprint density at radius 1 is 1.00 bits per heavy atom. The molecule has 128 valence electrons. The average Bonchev–Trinajstić information content (AvgIpc) is 2.61. The molecule has 0 aromatic heterocycles. The van der Waals surface area contributed by atoms with E-state index in [1.807, 2.05) is 24.3 Å². The van der Waals surface area contributed by atoms with Crippen molar-refractivity contribution in [2.24, 2.45) is 0 Å². The Morgan fingerprint density at radius 3 is 2.08 bits per heavy atom. The minimum atomic E-state index is -0.134. The second-order valence-electron chi connectivity index (χ2n) is 5.17. The van der Waals surface area contributed by atoms with Crippen LogP contribution in [0.5, 0.6) is 17.2 Å². The monoisotopic (exact) mass is 393 g/mol. The Kier molecular flexibility index (Phi) is 6.09. The summed E-state index contributed by atoms with van der Waals surface area (Å²) in [5.41, 5.74) is 1.43. The molecule has 0 aliphatic rings. The maximum Gasteiger partial charge on any atom is 0.254 e.